The topological polar surface area (TPSA) is 137 Å². The molecule has 0 spiro atoms. The lowest BCUT2D eigenvalue weighted by atomic mass is 10.2. The van der Waals surface area contributed by atoms with Crippen molar-refractivity contribution in [2.24, 2.45) is 7.05 Å². The third-order valence-electron chi connectivity index (χ3n) is 5.79. The summed E-state index contributed by atoms with van der Waals surface area (Å²) in [5, 5.41) is 9.28. The number of sulfonamides is 1. The van der Waals surface area contributed by atoms with Gasteiger partial charge < -0.3 is 9.84 Å². The summed E-state index contributed by atoms with van der Waals surface area (Å²) >= 11 is 0. The Morgan fingerprint density at radius 2 is 1.57 bits per heavy atom. The zero-order valence-electron chi connectivity index (χ0n) is 19.9. The Balaban J connectivity index is 1.68. The molecule has 10 nitrogen and oxygen atoms in total. The van der Waals surface area contributed by atoms with Gasteiger partial charge in [0, 0.05) is 13.5 Å². The van der Waals surface area contributed by atoms with Crippen molar-refractivity contribution in [3.63, 3.8) is 0 Å². The van der Waals surface area contributed by atoms with Gasteiger partial charge in [-0.25, -0.2) is 17.8 Å². The summed E-state index contributed by atoms with van der Waals surface area (Å²) in [6.07, 6.45) is -1.62. The predicted molar refractivity (Wildman–Crippen MR) is 137 cm³/mol. The van der Waals surface area contributed by atoms with E-state index in [2.05, 4.69) is 4.72 Å². The monoisotopic (exact) mass is 523 g/mol. The third kappa shape index (κ3) is 5.79. The van der Waals surface area contributed by atoms with Gasteiger partial charge >= 0.3 is 11.7 Å². The second kappa shape index (κ2) is 10.8. The number of aryl methyl sites for hydroxylation is 1. The fourth-order valence-electron chi connectivity index (χ4n) is 3.95. The number of ether oxygens (including phenoxy) is 1. The summed E-state index contributed by atoms with van der Waals surface area (Å²) < 4.78 is 36.7. The van der Waals surface area contributed by atoms with Crippen molar-refractivity contribution in [2.45, 2.75) is 30.3 Å². The lowest BCUT2D eigenvalue weighted by molar-refractivity contribution is -0.137. The molecule has 0 radical (unpaired) electrons. The van der Waals surface area contributed by atoms with Crippen molar-refractivity contribution in [1.82, 2.24) is 13.9 Å². The molecule has 11 heteroatoms. The van der Waals surface area contributed by atoms with Crippen LogP contribution in [-0.4, -0.2) is 28.6 Å². The van der Waals surface area contributed by atoms with E-state index >= 15 is 0 Å². The van der Waals surface area contributed by atoms with Crippen LogP contribution in [0.15, 0.2) is 93.3 Å². The smallest absolute Gasteiger partial charge is 0.332 e. The molecule has 3 aromatic carbocycles. The van der Waals surface area contributed by atoms with Gasteiger partial charge in [-0.15, -0.1) is 0 Å². The highest BCUT2D eigenvalue weighted by Gasteiger charge is 2.25. The van der Waals surface area contributed by atoms with Gasteiger partial charge in [0.05, 0.1) is 15.8 Å². The van der Waals surface area contributed by atoms with Crippen LogP contribution >= 0.6 is 0 Å². The maximum absolute atomic E-state index is 13.3. The second-order valence-electron chi connectivity index (χ2n) is 8.34. The molecule has 1 unspecified atom stereocenters. The van der Waals surface area contributed by atoms with Gasteiger partial charge in [0.15, 0.2) is 0 Å². The Kier molecular flexibility index (Phi) is 7.55. The van der Waals surface area contributed by atoms with Gasteiger partial charge in [-0.1, -0.05) is 30.3 Å². The predicted octanol–water partition coefficient (Wildman–Crippen LogP) is 3.22. The number of aromatic nitrogens is 2. The van der Waals surface area contributed by atoms with Crippen LogP contribution in [0.4, 0.5) is 0 Å². The summed E-state index contributed by atoms with van der Waals surface area (Å²) in [4.78, 5) is 37.4. The maximum atomic E-state index is 13.3. The number of carboxylic acid groups (broad SMARTS) is 1. The lowest BCUT2D eigenvalue weighted by Crippen LogP contribution is -2.47. The average Bonchev–Trinajstić information content (AvgIpc) is 2.88. The fourth-order valence-corrected chi connectivity index (χ4v) is 5.16. The maximum Gasteiger partial charge on any atom is 0.332 e. The first-order valence-electron chi connectivity index (χ1n) is 11.4. The number of carboxylic acids is 1. The van der Waals surface area contributed by atoms with Gasteiger partial charge in [0.2, 0.25) is 10.0 Å². The summed E-state index contributed by atoms with van der Waals surface area (Å²) in [5.74, 6) is -0.0709. The highest BCUT2D eigenvalue weighted by Crippen LogP contribution is 2.23. The van der Waals surface area contributed by atoms with Gasteiger partial charge in [-0.3, -0.25) is 14.2 Å². The van der Waals surface area contributed by atoms with Crippen LogP contribution in [0, 0.1) is 0 Å². The molecule has 0 aliphatic heterocycles. The molecular weight excluding hydrogens is 498 g/mol. The Hall–Kier alpha value is -4.22. The first kappa shape index (κ1) is 25.9. The molecule has 0 fully saturated rings. The number of nitrogens with zero attached hydrogens (tertiary/aromatic N) is 2. The molecule has 1 aromatic heterocycles. The number of para-hydroxylation sites is 2. The first-order chi connectivity index (χ1) is 17.7. The SMILES string of the molecule is Cn1c(=O)n(C(CCCC(=O)O)NS(=O)(=O)c2ccc(Oc3ccccc3)cc2)c(=O)c2ccccc21. The van der Waals surface area contributed by atoms with E-state index in [0.717, 1.165) is 4.57 Å². The molecule has 4 aromatic rings. The van der Waals surface area contributed by atoms with Crippen LogP contribution in [0.1, 0.15) is 25.4 Å². The second-order valence-corrected chi connectivity index (χ2v) is 10.1. The van der Waals surface area contributed by atoms with Crippen LogP contribution in [0.2, 0.25) is 0 Å². The van der Waals surface area contributed by atoms with Crippen molar-refractivity contribution < 1.29 is 23.1 Å². The Morgan fingerprint density at radius 3 is 2.24 bits per heavy atom. The lowest BCUT2D eigenvalue weighted by Gasteiger charge is -2.22. The molecule has 2 N–H and O–H groups in total. The Bertz CT molecular complexity index is 1640. The molecule has 1 atom stereocenters. The van der Waals surface area contributed by atoms with Crippen molar-refractivity contribution >= 4 is 26.9 Å². The molecule has 0 amide bonds. The zero-order chi connectivity index (χ0) is 26.6. The van der Waals surface area contributed by atoms with E-state index in [-0.39, 0.29) is 29.5 Å². The number of carbonyl (C=O) groups is 1. The summed E-state index contributed by atoms with van der Waals surface area (Å²) in [5.41, 5.74) is -0.999. The van der Waals surface area contributed by atoms with Crippen LogP contribution in [-0.2, 0) is 21.9 Å². The first-order valence-corrected chi connectivity index (χ1v) is 12.9. The van der Waals surface area contributed by atoms with E-state index in [1.165, 1.54) is 35.9 Å². The average molecular weight is 524 g/mol. The van der Waals surface area contributed by atoms with Gasteiger partial charge in [0.25, 0.3) is 5.56 Å². The van der Waals surface area contributed by atoms with Crippen molar-refractivity contribution in [3.8, 4) is 11.5 Å². The van der Waals surface area contributed by atoms with Crippen molar-refractivity contribution in [1.29, 1.82) is 0 Å². The van der Waals surface area contributed by atoms with E-state index in [1.807, 2.05) is 18.2 Å². The highest BCUT2D eigenvalue weighted by molar-refractivity contribution is 7.89. The summed E-state index contributed by atoms with van der Waals surface area (Å²) in [6, 6.07) is 21.1. The van der Waals surface area contributed by atoms with E-state index < -0.39 is 33.4 Å². The summed E-state index contributed by atoms with van der Waals surface area (Å²) in [6.45, 7) is 0. The minimum Gasteiger partial charge on any atom is -0.481 e. The molecule has 0 aliphatic rings. The highest BCUT2D eigenvalue weighted by atomic mass is 32.2. The van der Waals surface area contributed by atoms with E-state index in [4.69, 9.17) is 9.84 Å². The number of aliphatic carboxylic acids is 1. The number of hydrogen-bond acceptors (Lipinski definition) is 6. The van der Waals surface area contributed by atoms with Crippen LogP contribution < -0.4 is 20.7 Å². The standard InChI is InChI=1S/C26H25N3O7S/c1-28-22-11-6-5-10-21(22)25(32)29(26(28)33)23(12-7-13-24(30)31)27-37(34,35)20-16-14-19(15-17-20)36-18-8-3-2-4-9-18/h2-6,8-11,14-17,23,27H,7,12-13H2,1H3,(H,30,31). The normalized spacial score (nSPS) is 12.4. The van der Waals surface area contributed by atoms with Gasteiger partial charge in [-0.05, 0) is 61.4 Å². The summed E-state index contributed by atoms with van der Waals surface area (Å²) in [7, 11) is -2.73. The minimum atomic E-state index is -4.21. The van der Waals surface area contributed by atoms with E-state index in [1.54, 1.807) is 36.4 Å². The molecule has 1 heterocycles. The van der Waals surface area contributed by atoms with Gasteiger partial charge in [-0.2, -0.15) is 4.72 Å². The number of fused-ring (bicyclic) bond motifs is 1. The van der Waals surface area contributed by atoms with Crippen LogP contribution in [0.25, 0.3) is 10.9 Å². The fraction of sp³-hybridized carbons (Fsp3) is 0.192. The van der Waals surface area contributed by atoms with Crippen molar-refractivity contribution in [3.05, 3.63) is 99.7 Å². The number of benzene rings is 3. The number of nitrogens with one attached hydrogen (secondary N) is 1. The minimum absolute atomic E-state index is 0.0365. The third-order valence-corrected chi connectivity index (χ3v) is 7.27. The van der Waals surface area contributed by atoms with E-state index in [9.17, 15) is 22.8 Å². The molecule has 0 saturated heterocycles. The quantitative estimate of drug-likeness (QED) is 0.326. The van der Waals surface area contributed by atoms with Crippen LogP contribution in [0.3, 0.4) is 0 Å². The molecular formula is C26H25N3O7S. The molecule has 0 bridgehead atoms. The molecule has 4 rings (SSSR count). The molecule has 0 saturated carbocycles. The Labute approximate surface area is 212 Å². The zero-order valence-corrected chi connectivity index (χ0v) is 20.7. The van der Waals surface area contributed by atoms with Gasteiger partial charge in [0.1, 0.15) is 17.7 Å². The van der Waals surface area contributed by atoms with Crippen molar-refractivity contribution in [2.75, 3.05) is 0 Å². The largest absolute Gasteiger partial charge is 0.481 e. The van der Waals surface area contributed by atoms with E-state index in [0.29, 0.717) is 17.0 Å². The Morgan fingerprint density at radius 1 is 0.946 bits per heavy atom. The molecule has 0 aliphatic carbocycles. The molecule has 37 heavy (non-hydrogen) atoms. The number of hydrogen-bond donors (Lipinski definition) is 2. The number of rotatable bonds is 10. The van der Waals surface area contributed by atoms with Crippen LogP contribution in [0.5, 0.6) is 11.5 Å². The molecule has 192 valence electrons.